The second kappa shape index (κ2) is 10.1. The summed E-state index contributed by atoms with van der Waals surface area (Å²) in [5.41, 5.74) is 3.61. The second-order valence-corrected chi connectivity index (χ2v) is 8.49. The molecule has 0 radical (unpaired) electrons. The van der Waals surface area contributed by atoms with E-state index in [1.165, 1.54) is 16.5 Å². The molecule has 0 bridgehead atoms. The first-order valence-corrected chi connectivity index (χ1v) is 11.4. The lowest BCUT2D eigenvalue weighted by molar-refractivity contribution is -0.126. The molecule has 1 amide bonds. The molecule has 1 N–H and O–H groups in total. The molecular formula is C26H33N3O3. The van der Waals surface area contributed by atoms with E-state index in [1.54, 1.807) is 7.11 Å². The van der Waals surface area contributed by atoms with Gasteiger partial charge in [-0.05, 0) is 74.3 Å². The van der Waals surface area contributed by atoms with E-state index in [2.05, 4.69) is 40.2 Å². The van der Waals surface area contributed by atoms with E-state index >= 15 is 0 Å². The number of ether oxygens (including phenoxy) is 2. The van der Waals surface area contributed by atoms with Crippen LogP contribution in [0.15, 0.2) is 48.7 Å². The molecule has 32 heavy (non-hydrogen) atoms. The highest BCUT2D eigenvalue weighted by molar-refractivity contribution is 5.85. The molecule has 4 rings (SSSR count). The Morgan fingerprint density at radius 1 is 1.09 bits per heavy atom. The highest BCUT2D eigenvalue weighted by atomic mass is 16.5. The zero-order valence-electron chi connectivity index (χ0n) is 19.3. The number of likely N-dealkylation sites (tertiary alicyclic amines) is 1. The van der Waals surface area contributed by atoms with Crippen LogP contribution >= 0.6 is 0 Å². The largest absolute Gasteiger partial charge is 0.497 e. The summed E-state index contributed by atoms with van der Waals surface area (Å²) in [6.45, 7) is 5.94. The van der Waals surface area contributed by atoms with Crippen LogP contribution in [0.4, 0.5) is 0 Å². The number of carbonyl (C=O) groups excluding carboxylic acids is 1. The third kappa shape index (κ3) is 5.07. The highest BCUT2D eigenvalue weighted by Gasteiger charge is 2.25. The van der Waals surface area contributed by atoms with Gasteiger partial charge in [0.2, 0.25) is 5.91 Å². The molecule has 3 aromatic rings. The maximum absolute atomic E-state index is 12.7. The normalized spacial score (nSPS) is 15.1. The standard InChI is InChI=1S/C26H33N3O3/c1-4-32-22-7-5-19(6-8-22)16-27-26(30)20-11-13-29(14-12-20)18-21-17-28(2)25-10-9-23(31-3)15-24(21)25/h5-10,15,17,20H,4,11-14,16,18H2,1-3H3,(H,27,30). The number of aromatic nitrogens is 1. The molecule has 6 heteroatoms. The van der Waals surface area contributed by atoms with E-state index in [0.717, 1.165) is 49.5 Å². The first-order valence-electron chi connectivity index (χ1n) is 11.4. The van der Waals surface area contributed by atoms with Crippen LogP contribution < -0.4 is 14.8 Å². The van der Waals surface area contributed by atoms with Gasteiger partial charge in [0.25, 0.3) is 0 Å². The van der Waals surface area contributed by atoms with Crippen LogP contribution in [-0.4, -0.2) is 42.2 Å². The smallest absolute Gasteiger partial charge is 0.223 e. The number of benzene rings is 2. The monoisotopic (exact) mass is 435 g/mol. The number of amides is 1. The molecule has 1 saturated heterocycles. The van der Waals surface area contributed by atoms with Crippen molar-refractivity contribution in [3.05, 3.63) is 59.8 Å². The van der Waals surface area contributed by atoms with E-state index < -0.39 is 0 Å². The molecule has 1 aromatic heterocycles. The van der Waals surface area contributed by atoms with Gasteiger partial charge >= 0.3 is 0 Å². The Bertz CT molecular complexity index is 1050. The summed E-state index contributed by atoms with van der Waals surface area (Å²) in [6.07, 6.45) is 3.99. The van der Waals surface area contributed by atoms with Gasteiger partial charge in [-0.2, -0.15) is 0 Å². The Labute approximate surface area is 190 Å². The van der Waals surface area contributed by atoms with Crippen molar-refractivity contribution in [3.8, 4) is 11.5 Å². The zero-order chi connectivity index (χ0) is 22.5. The minimum atomic E-state index is 0.0848. The molecular weight excluding hydrogens is 402 g/mol. The van der Waals surface area contributed by atoms with Crippen molar-refractivity contribution in [3.63, 3.8) is 0 Å². The number of hydrogen-bond acceptors (Lipinski definition) is 4. The summed E-state index contributed by atoms with van der Waals surface area (Å²) in [5.74, 6) is 1.99. The van der Waals surface area contributed by atoms with Crippen molar-refractivity contribution < 1.29 is 14.3 Å². The molecule has 170 valence electrons. The fraction of sp³-hybridized carbons (Fsp3) is 0.423. The van der Waals surface area contributed by atoms with Crippen molar-refractivity contribution >= 4 is 16.8 Å². The Balaban J connectivity index is 1.28. The van der Waals surface area contributed by atoms with Crippen LogP contribution in [-0.2, 0) is 24.9 Å². The Kier molecular flexibility index (Phi) is 7.00. The van der Waals surface area contributed by atoms with E-state index in [-0.39, 0.29) is 11.8 Å². The van der Waals surface area contributed by atoms with Crippen LogP contribution in [0.3, 0.4) is 0 Å². The number of rotatable bonds is 8. The van der Waals surface area contributed by atoms with Gasteiger partial charge in [-0.1, -0.05) is 12.1 Å². The number of nitrogens with zero attached hydrogens (tertiary/aromatic N) is 2. The van der Waals surface area contributed by atoms with Gasteiger partial charge in [-0.15, -0.1) is 0 Å². The first kappa shape index (κ1) is 22.2. The van der Waals surface area contributed by atoms with Gasteiger partial charge in [-0.25, -0.2) is 0 Å². The quantitative estimate of drug-likeness (QED) is 0.578. The van der Waals surface area contributed by atoms with Crippen molar-refractivity contribution in [2.24, 2.45) is 13.0 Å². The lowest BCUT2D eigenvalue weighted by atomic mass is 9.95. The third-order valence-corrected chi connectivity index (χ3v) is 6.33. The number of piperidine rings is 1. The average molecular weight is 436 g/mol. The Morgan fingerprint density at radius 2 is 1.81 bits per heavy atom. The van der Waals surface area contributed by atoms with Gasteiger partial charge in [-0.3, -0.25) is 9.69 Å². The van der Waals surface area contributed by atoms with E-state index in [4.69, 9.17) is 9.47 Å². The van der Waals surface area contributed by atoms with Crippen LogP contribution in [0, 0.1) is 5.92 Å². The topological polar surface area (TPSA) is 55.7 Å². The Morgan fingerprint density at radius 3 is 2.50 bits per heavy atom. The second-order valence-electron chi connectivity index (χ2n) is 8.49. The maximum atomic E-state index is 12.7. The predicted molar refractivity (Wildman–Crippen MR) is 127 cm³/mol. The van der Waals surface area contributed by atoms with Crippen molar-refractivity contribution in [1.29, 1.82) is 0 Å². The minimum Gasteiger partial charge on any atom is -0.497 e. The number of methoxy groups -OCH3 is 1. The molecule has 2 heterocycles. The number of aryl methyl sites for hydroxylation is 1. The van der Waals surface area contributed by atoms with Crippen LogP contribution in [0.5, 0.6) is 11.5 Å². The summed E-state index contributed by atoms with van der Waals surface area (Å²) in [5, 5.41) is 4.35. The summed E-state index contributed by atoms with van der Waals surface area (Å²) in [4.78, 5) is 15.1. The van der Waals surface area contributed by atoms with Crippen LogP contribution in [0.1, 0.15) is 30.9 Å². The SMILES string of the molecule is CCOc1ccc(CNC(=O)C2CCN(Cc3cn(C)c4ccc(OC)cc34)CC2)cc1. The number of fused-ring (bicyclic) bond motifs is 1. The summed E-state index contributed by atoms with van der Waals surface area (Å²) < 4.78 is 13.1. The molecule has 0 aliphatic carbocycles. The lowest BCUT2D eigenvalue weighted by Gasteiger charge is -2.31. The van der Waals surface area contributed by atoms with E-state index in [0.29, 0.717) is 13.2 Å². The van der Waals surface area contributed by atoms with Crippen molar-refractivity contribution in [2.75, 3.05) is 26.8 Å². The van der Waals surface area contributed by atoms with Gasteiger partial charge in [0.15, 0.2) is 0 Å². The molecule has 1 aliphatic rings. The number of carbonyl (C=O) groups is 1. The molecule has 0 unspecified atom stereocenters. The summed E-state index contributed by atoms with van der Waals surface area (Å²) in [7, 11) is 3.79. The molecule has 6 nitrogen and oxygen atoms in total. The van der Waals surface area contributed by atoms with Crippen molar-refractivity contribution in [2.45, 2.75) is 32.9 Å². The van der Waals surface area contributed by atoms with Gasteiger partial charge in [0, 0.05) is 43.2 Å². The number of nitrogens with one attached hydrogen (secondary N) is 1. The fourth-order valence-corrected chi connectivity index (χ4v) is 4.50. The highest BCUT2D eigenvalue weighted by Crippen LogP contribution is 2.28. The molecule has 0 saturated carbocycles. The van der Waals surface area contributed by atoms with Gasteiger partial charge in [0.1, 0.15) is 11.5 Å². The van der Waals surface area contributed by atoms with E-state index in [9.17, 15) is 4.79 Å². The average Bonchev–Trinajstić information content (AvgIpc) is 3.13. The molecule has 1 fully saturated rings. The van der Waals surface area contributed by atoms with E-state index in [1.807, 2.05) is 37.3 Å². The Hall–Kier alpha value is -2.99. The third-order valence-electron chi connectivity index (χ3n) is 6.33. The summed E-state index contributed by atoms with van der Waals surface area (Å²) >= 11 is 0. The molecule has 0 spiro atoms. The van der Waals surface area contributed by atoms with Crippen LogP contribution in [0.2, 0.25) is 0 Å². The first-order chi connectivity index (χ1) is 15.6. The van der Waals surface area contributed by atoms with Crippen LogP contribution in [0.25, 0.3) is 10.9 Å². The summed E-state index contributed by atoms with van der Waals surface area (Å²) in [6, 6.07) is 14.1. The van der Waals surface area contributed by atoms with Crippen molar-refractivity contribution in [1.82, 2.24) is 14.8 Å². The van der Waals surface area contributed by atoms with Gasteiger partial charge < -0.3 is 19.4 Å². The lowest BCUT2D eigenvalue weighted by Crippen LogP contribution is -2.40. The van der Waals surface area contributed by atoms with Gasteiger partial charge in [0.05, 0.1) is 13.7 Å². The predicted octanol–water partition coefficient (Wildman–Crippen LogP) is 4.11. The minimum absolute atomic E-state index is 0.0848. The maximum Gasteiger partial charge on any atom is 0.223 e. The molecule has 2 aromatic carbocycles. The molecule has 0 atom stereocenters. The fourth-order valence-electron chi connectivity index (χ4n) is 4.50. The zero-order valence-corrected chi connectivity index (χ0v) is 19.3. The number of hydrogen-bond donors (Lipinski definition) is 1. The molecule has 1 aliphatic heterocycles.